The Morgan fingerprint density at radius 2 is 1.88 bits per heavy atom. The van der Waals surface area contributed by atoms with Crippen molar-refractivity contribution in [2.45, 2.75) is 33.0 Å². The van der Waals surface area contributed by atoms with E-state index in [4.69, 9.17) is 4.74 Å². The summed E-state index contributed by atoms with van der Waals surface area (Å²) in [5, 5.41) is 3.22. The summed E-state index contributed by atoms with van der Waals surface area (Å²) in [7, 11) is 0. The molecular weight excluding hydrogens is 204 g/mol. The van der Waals surface area contributed by atoms with Gasteiger partial charge in [-0.1, -0.05) is 6.92 Å². The molecule has 0 aromatic carbocycles. The fraction of sp³-hybridized carbons (Fsp3) is 0.917. The molecular formula is C12H22N2O2. The lowest BCUT2D eigenvalue weighted by Gasteiger charge is -2.39. The van der Waals surface area contributed by atoms with E-state index < -0.39 is 0 Å². The standard InChI is InChI=1S/C12H22N2O2/c1-8-6-14(7-9(2)16-8)12(15)10(3)11-4-13-5-11/h8-11,13H,4-7H2,1-3H3/t8-,9+,10?. The van der Waals surface area contributed by atoms with Crippen LogP contribution in [0.1, 0.15) is 20.8 Å². The van der Waals surface area contributed by atoms with Crippen LogP contribution in [-0.4, -0.2) is 49.2 Å². The van der Waals surface area contributed by atoms with Gasteiger partial charge in [-0.25, -0.2) is 0 Å². The van der Waals surface area contributed by atoms with E-state index in [1.54, 1.807) is 0 Å². The molecule has 4 nitrogen and oxygen atoms in total. The third kappa shape index (κ3) is 2.38. The minimum atomic E-state index is 0.152. The Morgan fingerprint density at radius 1 is 1.31 bits per heavy atom. The number of carbonyl (C=O) groups is 1. The van der Waals surface area contributed by atoms with Crippen LogP contribution in [-0.2, 0) is 9.53 Å². The average Bonchev–Trinajstić information content (AvgIpc) is 2.12. The molecule has 0 aromatic heterocycles. The van der Waals surface area contributed by atoms with Crippen LogP contribution in [0.3, 0.4) is 0 Å². The highest BCUT2D eigenvalue weighted by atomic mass is 16.5. The topological polar surface area (TPSA) is 41.6 Å². The molecule has 0 bridgehead atoms. The number of nitrogens with zero attached hydrogens (tertiary/aromatic N) is 1. The van der Waals surface area contributed by atoms with Crippen molar-refractivity contribution >= 4 is 5.91 Å². The molecule has 1 N–H and O–H groups in total. The number of hydrogen-bond acceptors (Lipinski definition) is 3. The summed E-state index contributed by atoms with van der Waals surface area (Å²) in [6, 6.07) is 0. The van der Waals surface area contributed by atoms with E-state index in [0.717, 1.165) is 26.2 Å². The van der Waals surface area contributed by atoms with Gasteiger partial charge in [-0.05, 0) is 32.9 Å². The van der Waals surface area contributed by atoms with E-state index in [9.17, 15) is 4.79 Å². The molecule has 2 heterocycles. The Bertz CT molecular complexity index is 256. The van der Waals surface area contributed by atoms with E-state index in [1.165, 1.54) is 0 Å². The summed E-state index contributed by atoms with van der Waals surface area (Å²) < 4.78 is 5.64. The summed E-state index contributed by atoms with van der Waals surface area (Å²) in [5.41, 5.74) is 0. The largest absolute Gasteiger partial charge is 0.372 e. The molecule has 0 aliphatic carbocycles. The van der Waals surface area contributed by atoms with Crippen LogP contribution in [0.5, 0.6) is 0 Å². The predicted molar refractivity (Wildman–Crippen MR) is 62.1 cm³/mol. The lowest BCUT2D eigenvalue weighted by molar-refractivity contribution is -0.149. The average molecular weight is 226 g/mol. The van der Waals surface area contributed by atoms with Crippen molar-refractivity contribution in [1.29, 1.82) is 0 Å². The lowest BCUT2D eigenvalue weighted by atomic mass is 9.87. The molecule has 2 saturated heterocycles. The second-order valence-electron chi connectivity index (χ2n) is 5.21. The van der Waals surface area contributed by atoms with Gasteiger partial charge in [0, 0.05) is 19.0 Å². The molecule has 2 rings (SSSR count). The van der Waals surface area contributed by atoms with Crippen molar-refractivity contribution in [3.8, 4) is 0 Å². The number of morpholine rings is 1. The summed E-state index contributed by atoms with van der Waals surface area (Å²) >= 11 is 0. The van der Waals surface area contributed by atoms with Crippen molar-refractivity contribution < 1.29 is 9.53 Å². The van der Waals surface area contributed by atoms with Gasteiger partial charge in [0.05, 0.1) is 12.2 Å². The normalized spacial score (nSPS) is 33.3. The molecule has 0 radical (unpaired) electrons. The highest BCUT2D eigenvalue weighted by Gasteiger charge is 2.34. The zero-order chi connectivity index (χ0) is 11.7. The quantitative estimate of drug-likeness (QED) is 0.744. The van der Waals surface area contributed by atoms with E-state index in [2.05, 4.69) is 12.2 Å². The monoisotopic (exact) mass is 226 g/mol. The minimum Gasteiger partial charge on any atom is -0.372 e. The molecule has 0 aromatic rings. The van der Waals surface area contributed by atoms with Crippen molar-refractivity contribution in [3.05, 3.63) is 0 Å². The van der Waals surface area contributed by atoms with Crippen LogP contribution in [0.4, 0.5) is 0 Å². The van der Waals surface area contributed by atoms with Gasteiger partial charge in [-0.15, -0.1) is 0 Å². The van der Waals surface area contributed by atoms with Crippen molar-refractivity contribution in [2.24, 2.45) is 11.8 Å². The third-order valence-corrected chi connectivity index (χ3v) is 3.64. The minimum absolute atomic E-state index is 0.152. The van der Waals surface area contributed by atoms with Crippen molar-refractivity contribution in [1.82, 2.24) is 10.2 Å². The highest BCUT2D eigenvalue weighted by Crippen LogP contribution is 2.21. The number of hydrogen-bond donors (Lipinski definition) is 1. The molecule has 0 saturated carbocycles. The first kappa shape index (κ1) is 11.9. The zero-order valence-electron chi connectivity index (χ0n) is 10.4. The third-order valence-electron chi connectivity index (χ3n) is 3.64. The Hall–Kier alpha value is -0.610. The molecule has 2 fully saturated rings. The van der Waals surface area contributed by atoms with Gasteiger partial charge in [0.2, 0.25) is 5.91 Å². The fourth-order valence-electron chi connectivity index (χ4n) is 2.51. The van der Waals surface area contributed by atoms with Crippen molar-refractivity contribution in [2.75, 3.05) is 26.2 Å². The number of rotatable bonds is 2. The molecule has 92 valence electrons. The zero-order valence-corrected chi connectivity index (χ0v) is 10.4. The summed E-state index contributed by atoms with van der Waals surface area (Å²) in [6.07, 6.45) is 0.332. The second kappa shape index (κ2) is 4.72. The Balaban J connectivity index is 1.92. The number of amides is 1. The maximum atomic E-state index is 12.3. The van der Waals surface area contributed by atoms with Gasteiger partial charge in [-0.2, -0.15) is 0 Å². The maximum Gasteiger partial charge on any atom is 0.225 e. The molecule has 3 atom stereocenters. The molecule has 2 aliphatic heterocycles. The highest BCUT2D eigenvalue weighted by molar-refractivity contribution is 5.79. The molecule has 0 spiro atoms. The number of ether oxygens (including phenoxy) is 1. The molecule has 16 heavy (non-hydrogen) atoms. The smallest absolute Gasteiger partial charge is 0.225 e. The van der Waals surface area contributed by atoms with Crippen molar-refractivity contribution in [3.63, 3.8) is 0 Å². The Kier molecular flexibility index (Phi) is 3.50. The number of nitrogens with one attached hydrogen (secondary N) is 1. The molecule has 1 unspecified atom stereocenters. The fourth-order valence-corrected chi connectivity index (χ4v) is 2.51. The van der Waals surface area contributed by atoms with E-state index in [-0.39, 0.29) is 18.1 Å². The summed E-state index contributed by atoms with van der Waals surface area (Å²) in [6.45, 7) is 9.59. The van der Waals surface area contributed by atoms with Gasteiger partial charge >= 0.3 is 0 Å². The first-order valence-corrected chi connectivity index (χ1v) is 6.23. The van der Waals surface area contributed by atoms with Crippen LogP contribution < -0.4 is 5.32 Å². The van der Waals surface area contributed by atoms with Crippen LogP contribution in [0.2, 0.25) is 0 Å². The summed E-state index contributed by atoms with van der Waals surface area (Å²) in [4.78, 5) is 14.2. The second-order valence-corrected chi connectivity index (χ2v) is 5.21. The predicted octanol–water partition coefficient (Wildman–Crippen LogP) is 0.478. The molecule has 1 amide bonds. The Labute approximate surface area is 97.3 Å². The first-order valence-electron chi connectivity index (χ1n) is 6.23. The van der Waals surface area contributed by atoms with Crippen LogP contribution in [0, 0.1) is 11.8 Å². The van der Waals surface area contributed by atoms with Crippen LogP contribution in [0.25, 0.3) is 0 Å². The Morgan fingerprint density at radius 3 is 2.31 bits per heavy atom. The lowest BCUT2D eigenvalue weighted by Crippen LogP contribution is -2.54. The van der Waals surface area contributed by atoms with E-state index >= 15 is 0 Å². The van der Waals surface area contributed by atoms with Crippen LogP contribution >= 0.6 is 0 Å². The van der Waals surface area contributed by atoms with Gasteiger partial charge in [0.15, 0.2) is 0 Å². The first-order chi connectivity index (χ1) is 7.58. The maximum absolute atomic E-state index is 12.3. The van der Waals surface area contributed by atoms with Gasteiger partial charge < -0.3 is 15.0 Å². The molecule has 2 aliphatic rings. The van der Waals surface area contributed by atoms with Crippen LogP contribution in [0.15, 0.2) is 0 Å². The summed E-state index contributed by atoms with van der Waals surface area (Å²) in [5.74, 6) is 0.980. The number of carbonyl (C=O) groups excluding carboxylic acids is 1. The van der Waals surface area contributed by atoms with E-state index in [1.807, 2.05) is 18.7 Å². The van der Waals surface area contributed by atoms with E-state index in [0.29, 0.717) is 11.8 Å². The SMILES string of the molecule is CC(C(=O)N1C[C@@H](C)O[C@@H](C)C1)C1CNC1. The van der Waals surface area contributed by atoms with Gasteiger partial charge in [-0.3, -0.25) is 4.79 Å². The van der Waals surface area contributed by atoms with Gasteiger partial charge in [0.25, 0.3) is 0 Å². The molecule has 4 heteroatoms. The van der Waals surface area contributed by atoms with Gasteiger partial charge in [0.1, 0.15) is 0 Å².